The van der Waals surface area contributed by atoms with Crippen molar-refractivity contribution in [3.8, 4) is 11.5 Å². The van der Waals surface area contributed by atoms with Crippen LogP contribution in [0.1, 0.15) is 36.6 Å². The van der Waals surface area contributed by atoms with Crippen LogP contribution in [0.3, 0.4) is 0 Å². The number of hydrogen-bond acceptors (Lipinski definition) is 7. The topological polar surface area (TPSA) is 79.1 Å². The van der Waals surface area contributed by atoms with Crippen molar-refractivity contribution in [3.63, 3.8) is 0 Å². The van der Waals surface area contributed by atoms with E-state index in [1.165, 1.54) is 11.3 Å². The van der Waals surface area contributed by atoms with Gasteiger partial charge in [0.1, 0.15) is 18.1 Å². The fourth-order valence-electron chi connectivity index (χ4n) is 4.54. The molecule has 0 N–H and O–H groups in total. The van der Waals surface area contributed by atoms with E-state index in [9.17, 15) is 9.59 Å². The number of allylic oxidation sites excluding steroid dienone is 1. The van der Waals surface area contributed by atoms with Crippen LogP contribution in [0.2, 0.25) is 5.02 Å². The molecule has 0 spiro atoms. The number of para-hydroxylation sites is 1. The van der Waals surface area contributed by atoms with Crippen molar-refractivity contribution >= 4 is 35.0 Å². The molecule has 2 heterocycles. The van der Waals surface area contributed by atoms with Crippen molar-refractivity contribution in [1.82, 2.24) is 4.57 Å². The summed E-state index contributed by atoms with van der Waals surface area (Å²) < 4.78 is 18.8. The first-order valence-electron chi connectivity index (χ1n) is 12.7. The van der Waals surface area contributed by atoms with Crippen molar-refractivity contribution in [1.29, 1.82) is 0 Å². The zero-order chi connectivity index (χ0) is 28.2. The highest BCUT2D eigenvalue weighted by molar-refractivity contribution is 7.07. The third-order valence-electron chi connectivity index (χ3n) is 6.50. The predicted octanol–water partition coefficient (Wildman–Crippen LogP) is 5.04. The number of hydrogen-bond donors (Lipinski definition) is 0. The number of benzene rings is 3. The first-order valence-corrected chi connectivity index (χ1v) is 13.9. The number of nitrogens with zero attached hydrogens (tertiary/aromatic N) is 2. The van der Waals surface area contributed by atoms with Crippen LogP contribution in [0.25, 0.3) is 6.08 Å². The lowest BCUT2D eigenvalue weighted by Gasteiger charge is -2.24. The molecule has 0 fully saturated rings. The zero-order valence-electron chi connectivity index (χ0n) is 22.2. The van der Waals surface area contributed by atoms with Crippen molar-refractivity contribution in [2.75, 3.05) is 13.7 Å². The van der Waals surface area contributed by atoms with Gasteiger partial charge < -0.3 is 14.2 Å². The third-order valence-corrected chi connectivity index (χ3v) is 7.85. The van der Waals surface area contributed by atoms with Gasteiger partial charge in [-0.15, -0.1) is 0 Å². The Bertz CT molecular complexity index is 1770. The molecular formula is C31H27ClN2O5S. The lowest BCUT2D eigenvalue weighted by molar-refractivity contribution is -0.139. The maximum Gasteiger partial charge on any atom is 0.338 e. The van der Waals surface area contributed by atoms with E-state index in [1.54, 1.807) is 43.7 Å². The molecule has 0 aliphatic carbocycles. The van der Waals surface area contributed by atoms with Gasteiger partial charge in [0, 0.05) is 16.1 Å². The number of rotatable bonds is 8. The molecule has 40 heavy (non-hydrogen) atoms. The largest absolute Gasteiger partial charge is 0.497 e. The molecule has 1 aliphatic rings. The van der Waals surface area contributed by atoms with Crippen molar-refractivity contribution in [2.24, 2.45) is 4.99 Å². The number of methoxy groups -OCH3 is 1. The molecule has 9 heteroatoms. The van der Waals surface area contributed by atoms with Gasteiger partial charge >= 0.3 is 5.97 Å². The summed E-state index contributed by atoms with van der Waals surface area (Å²) in [5, 5.41) is 0.625. The Balaban J connectivity index is 1.60. The summed E-state index contributed by atoms with van der Waals surface area (Å²) in [6.45, 7) is 4.00. The monoisotopic (exact) mass is 574 g/mol. The summed E-state index contributed by atoms with van der Waals surface area (Å²) in [5.41, 5.74) is 2.92. The molecule has 0 saturated carbocycles. The van der Waals surface area contributed by atoms with E-state index >= 15 is 0 Å². The Morgan fingerprint density at radius 3 is 2.52 bits per heavy atom. The Morgan fingerprint density at radius 1 is 1.07 bits per heavy atom. The molecule has 1 aliphatic heterocycles. The molecule has 3 aromatic carbocycles. The van der Waals surface area contributed by atoms with Crippen molar-refractivity contribution < 1.29 is 19.0 Å². The lowest BCUT2D eigenvalue weighted by atomic mass is 9.96. The third kappa shape index (κ3) is 5.46. The number of ether oxygens (including phenoxy) is 3. The maximum atomic E-state index is 13.9. The summed E-state index contributed by atoms with van der Waals surface area (Å²) in [6.07, 6.45) is 1.79. The van der Waals surface area contributed by atoms with E-state index < -0.39 is 12.0 Å². The molecule has 1 atom stereocenters. The Morgan fingerprint density at radius 2 is 1.80 bits per heavy atom. The van der Waals surface area contributed by atoms with Crippen LogP contribution < -0.4 is 24.4 Å². The van der Waals surface area contributed by atoms with E-state index in [-0.39, 0.29) is 18.8 Å². The van der Waals surface area contributed by atoms with E-state index in [0.717, 1.165) is 16.7 Å². The first-order chi connectivity index (χ1) is 19.4. The van der Waals surface area contributed by atoms with Crippen LogP contribution in [0.15, 0.2) is 93.9 Å². The summed E-state index contributed by atoms with van der Waals surface area (Å²) in [6, 6.07) is 21.6. The number of halogens is 1. The van der Waals surface area contributed by atoms with Crippen molar-refractivity contribution in [2.45, 2.75) is 26.5 Å². The Labute approximate surface area is 240 Å². The predicted molar refractivity (Wildman–Crippen MR) is 156 cm³/mol. The molecule has 0 bridgehead atoms. The second kappa shape index (κ2) is 11.9. The molecule has 5 rings (SSSR count). The van der Waals surface area contributed by atoms with Crippen molar-refractivity contribution in [3.05, 3.63) is 125 Å². The number of carbonyl (C=O) groups excluding carboxylic acids is 1. The van der Waals surface area contributed by atoms with Crippen LogP contribution in [0.4, 0.5) is 0 Å². The standard InChI is InChI=1S/C31H27ClN2O5S/c1-4-38-30(36)27-19(2)33-31-34(28(27)20-13-15-23(37-3)16-14-20)29(35)26(40-31)17-21-9-6-8-12-25(21)39-18-22-10-5-7-11-24(22)32/h5-17,28H,4,18H2,1-3H3. The molecule has 0 radical (unpaired) electrons. The number of aromatic nitrogens is 1. The number of carbonyl (C=O) groups is 1. The fraction of sp³-hybridized carbons (Fsp3) is 0.194. The highest BCUT2D eigenvalue weighted by atomic mass is 35.5. The fourth-order valence-corrected chi connectivity index (χ4v) is 5.76. The molecule has 0 amide bonds. The first kappa shape index (κ1) is 27.4. The zero-order valence-corrected chi connectivity index (χ0v) is 23.8. The molecular weight excluding hydrogens is 548 g/mol. The summed E-state index contributed by atoms with van der Waals surface area (Å²) in [7, 11) is 1.59. The van der Waals surface area contributed by atoms with Gasteiger partial charge in [-0.2, -0.15) is 0 Å². The summed E-state index contributed by atoms with van der Waals surface area (Å²) in [5.74, 6) is 0.781. The molecule has 7 nitrogen and oxygen atoms in total. The highest BCUT2D eigenvalue weighted by Crippen LogP contribution is 2.31. The lowest BCUT2D eigenvalue weighted by Crippen LogP contribution is -2.39. The van der Waals surface area contributed by atoms with Crippen LogP contribution in [0.5, 0.6) is 11.5 Å². The Kier molecular flexibility index (Phi) is 8.19. The van der Waals surface area contributed by atoms with Gasteiger partial charge in [0.25, 0.3) is 5.56 Å². The van der Waals surface area contributed by atoms with Gasteiger partial charge in [-0.25, -0.2) is 9.79 Å². The number of esters is 1. The van der Waals surface area contributed by atoms with Gasteiger partial charge in [-0.05, 0) is 49.8 Å². The average molecular weight is 575 g/mol. The van der Waals surface area contributed by atoms with Crippen LogP contribution >= 0.6 is 22.9 Å². The van der Waals surface area contributed by atoms with Gasteiger partial charge in [0.2, 0.25) is 0 Å². The van der Waals surface area contributed by atoms with Crippen LogP contribution in [0, 0.1) is 0 Å². The maximum absolute atomic E-state index is 13.9. The molecule has 4 aromatic rings. The summed E-state index contributed by atoms with van der Waals surface area (Å²) >= 11 is 7.56. The van der Waals surface area contributed by atoms with Gasteiger partial charge in [0.05, 0.1) is 35.6 Å². The Hall–Kier alpha value is -4.14. The quantitative estimate of drug-likeness (QED) is 0.276. The minimum absolute atomic E-state index is 0.209. The second-order valence-electron chi connectivity index (χ2n) is 8.99. The van der Waals surface area contributed by atoms with Gasteiger partial charge in [0.15, 0.2) is 4.80 Å². The normalized spacial score (nSPS) is 14.9. The van der Waals surface area contributed by atoms with Crippen LogP contribution in [-0.2, 0) is 16.1 Å². The molecule has 204 valence electrons. The van der Waals surface area contributed by atoms with E-state index in [2.05, 4.69) is 4.99 Å². The van der Waals surface area contributed by atoms with Gasteiger partial charge in [-0.3, -0.25) is 9.36 Å². The van der Waals surface area contributed by atoms with E-state index in [4.69, 9.17) is 25.8 Å². The molecule has 1 unspecified atom stereocenters. The number of thiazole rings is 1. The second-order valence-corrected chi connectivity index (χ2v) is 10.4. The summed E-state index contributed by atoms with van der Waals surface area (Å²) in [4.78, 5) is 32.1. The van der Waals surface area contributed by atoms with E-state index in [0.29, 0.717) is 37.1 Å². The SMILES string of the molecule is CCOC(=O)C1=C(C)N=c2sc(=Cc3ccccc3OCc3ccccc3Cl)c(=O)n2C1c1ccc(OC)cc1. The van der Waals surface area contributed by atoms with Gasteiger partial charge in [-0.1, -0.05) is 71.5 Å². The highest BCUT2D eigenvalue weighted by Gasteiger charge is 2.33. The minimum Gasteiger partial charge on any atom is -0.497 e. The minimum atomic E-state index is -0.699. The molecule has 0 saturated heterocycles. The van der Waals surface area contributed by atoms with E-state index in [1.807, 2.05) is 60.7 Å². The molecule has 1 aromatic heterocycles. The number of fused-ring (bicyclic) bond motifs is 1. The average Bonchev–Trinajstić information content (AvgIpc) is 3.26. The van der Waals surface area contributed by atoms with Crippen LogP contribution in [-0.4, -0.2) is 24.3 Å². The smallest absolute Gasteiger partial charge is 0.338 e.